The molecule has 29 heavy (non-hydrogen) atoms. The van der Waals surface area contributed by atoms with E-state index in [0.29, 0.717) is 31.1 Å². The second-order valence-electron chi connectivity index (χ2n) is 7.76. The number of nitrogens with zero attached hydrogens (tertiary/aromatic N) is 5. The van der Waals surface area contributed by atoms with Gasteiger partial charge < -0.3 is 5.32 Å². The van der Waals surface area contributed by atoms with Crippen molar-refractivity contribution in [3.8, 4) is 0 Å². The molecule has 2 aliphatic rings. The Balaban J connectivity index is 1.43. The Morgan fingerprint density at radius 3 is 2.76 bits per heavy atom. The predicted molar refractivity (Wildman–Crippen MR) is 109 cm³/mol. The highest BCUT2D eigenvalue weighted by molar-refractivity contribution is 7.91. The molecule has 0 aliphatic carbocycles. The van der Waals surface area contributed by atoms with Gasteiger partial charge in [-0.15, -0.1) is 0 Å². The van der Waals surface area contributed by atoms with Crippen LogP contribution in [0.1, 0.15) is 22.7 Å². The molecule has 1 aromatic carbocycles. The number of benzene rings is 1. The minimum Gasteiger partial charge on any atom is -0.324 e. The molecule has 0 radical (unpaired) electrons. The number of aryl methyl sites for hydroxylation is 1. The van der Waals surface area contributed by atoms with E-state index in [0.717, 1.165) is 16.9 Å². The topological polar surface area (TPSA) is 93.0 Å². The first-order chi connectivity index (χ1) is 14.0. The second-order valence-corrected chi connectivity index (χ2v) is 9.98. The predicted octanol–water partition coefficient (Wildman–Crippen LogP) is 1.85. The first-order valence-corrected chi connectivity index (χ1v) is 11.3. The molecule has 0 saturated carbocycles. The molecule has 3 aromatic rings. The molecule has 150 valence electrons. The number of sulfone groups is 1. The van der Waals surface area contributed by atoms with Crippen LogP contribution in [0.25, 0.3) is 0 Å². The average molecular weight is 411 g/mol. The molecule has 0 spiro atoms. The summed E-state index contributed by atoms with van der Waals surface area (Å²) in [6, 6.07) is 9.72. The molecule has 1 saturated heterocycles. The number of hydrogen-bond acceptors (Lipinski definition) is 7. The summed E-state index contributed by atoms with van der Waals surface area (Å²) in [5.41, 5.74) is 3.55. The van der Waals surface area contributed by atoms with Gasteiger partial charge in [0.15, 0.2) is 9.84 Å². The maximum absolute atomic E-state index is 12.9. The summed E-state index contributed by atoms with van der Waals surface area (Å²) in [5, 5.41) is 7.00. The monoisotopic (exact) mass is 410 g/mol. The fraction of sp³-hybridized carbons (Fsp3) is 0.350. The maximum atomic E-state index is 12.9. The van der Waals surface area contributed by atoms with Gasteiger partial charge in [0.05, 0.1) is 22.9 Å². The Morgan fingerprint density at radius 2 is 2.00 bits per heavy atom. The van der Waals surface area contributed by atoms with Crippen molar-refractivity contribution in [2.24, 2.45) is 7.05 Å². The minimum absolute atomic E-state index is 0.00977. The molecule has 2 aromatic heterocycles. The lowest BCUT2D eigenvalue weighted by atomic mass is 10.00. The second kappa shape index (κ2) is 6.93. The SMILES string of the molecule is Cn1cc(CN2C[C@@H]3c4nc(Nc5ccccc5)ncc4CS(=O)(=O)[C@@H]3C2)cn1. The van der Waals surface area contributed by atoms with Crippen LogP contribution in [0.3, 0.4) is 0 Å². The third-order valence-electron chi connectivity index (χ3n) is 5.60. The molecular formula is C20H22N6O2S. The summed E-state index contributed by atoms with van der Waals surface area (Å²) >= 11 is 0. The number of para-hydroxylation sites is 1. The lowest BCUT2D eigenvalue weighted by molar-refractivity contribution is 0.326. The van der Waals surface area contributed by atoms with Crippen molar-refractivity contribution < 1.29 is 8.42 Å². The average Bonchev–Trinajstić information content (AvgIpc) is 3.30. The quantitative estimate of drug-likeness (QED) is 0.702. The van der Waals surface area contributed by atoms with Gasteiger partial charge in [0, 0.05) is 61.8 Å². The molecule has 9 heteroatoms. The van der Waals surface area contributed by atoms with E-state index in [1.54, 1.807) is 10.9 Å². The van der Waals surface area contributed by atoms with Crippen LogP contribution >= 0.6 is 0 Å². The van der Waals surface area contributed by atoms with E-state index in [1.165, 1.54) is 0 Å². The van der Waals surface area contributed by atoms with Crippen molar-refractivity contribution in [1.82, 2.24) is 24.6 Å². The van der Waals surface area contributed by atoms with Gasteiger partial charge in [-0.05, 0) is 12.1 Å². The number of hydrogen-bond donors (Lipinski definition) is 1. The number of fused-ring (bicyclic) bond motifs is 3. The van der Waals surface area contributed by atoms with Gasteiger partial charge in [-0.2, -0.15) is 5.10 Å². The summed E-state index contributed by atoms with van der Waals surface area (Å²) in [6.45, 7) is 1.87. The fourth-order valence-corrected chi connectivity index (χ4v) is 6.33. The number of likely N-dealkylation sites (tertiary alicyclic amines) is 1. The number of nitrogens with one attached hydrogen (secondary N) is 1. The third-order valence-corrected chi connectivity index (χ3v) is 7.72. The number of anilines is 2. The highest BCUT2D eigenvalue weighted by Gasteiger charge is 2.47. The van der Waals surface area contributed by atoms with E-state index in [1.807, 2.05) is 49.8 Å². The Morgan fingerprint density at radius 1 is 1.17 bits per heavy atom. The van der Waals surface area contributed by atoms with Gasteiger partial charge in [0.2, 0.25) is 5.95 Å². The molecule has 2 atom stereocenters. The van der Waals surface area contributed by atoms with Crippen molar-refractivity contribution in [2.45, 2.75) is 23.5 Å². The lowest BCUT2D eigenvalue weighted by Crippen LogP contribution is -2.35. The van der Waals surface area contributed by atoms with Gasteiger partial charge in [0.25, 0.3) is 0 Å². The standard InChI is InChI=1S/C20H22N6O2S/c1-25-9-14(7-22-25)10-26-11-17-18(12-26)29(27,28)13-15-8-21-20(24-19(15)17)23-16-5-3-2-4-6-16/h2-9,17-18H,10-13H2,1H3,(H,21,23,24)/t17-,18+/m0/s1. The molecule has 1 N–H and O–H groups in total. The van der Waals surface area contributed by atoms with Crippen LogP contribution in [0.2, 0.25) is 0 Å². The van der Waals surface area contributed by atoms with Crippen molar-refractivity contribution in [3.05, 3.63) is 65.7 Å². The molecule has 4 heterocycles. The third kappa shape index (κ3) is 3.51. The van der Waals surface area contributed by atoms with Gasteiger partial charge >= 0.3 is 0 Å². The zero-order valence-corrected chi connectivity index (χ0v) is 16.9. The molecule has 8 nitrogen and oxygen atoms in total. The van der Waals surface area contributed by atoms with Gasteiger partial charge in [-0.1, -0.05) is 18.2 Å². The summed E-state index contributed by atoms with van der Waals surface area (Å²) in [4.78, 5) is 11.3. The molecule has 0 amide bonds. The van der Waals surface area contributed by atoms with Gasteiger partial charge in [0.1, 0.15) is 0 Å². The number of rotatable bonds is 4. The zero-order valence-electron chi connectivity index (χ0n) is 16.1. The number of aromatic nitrogens is 4. The Labute approximate surface area is 169 Å². The first-order valence-electron chi connectivity index (χ1n) is 9.57. The van der Waals surface area contributed by atoms with E-state index in [-0.39, 0.29) is 11.7 Å². The summed E-state index contributed by atoms with van der Waals surface area (Å²) in [7, 11) is -1.35. The summed E-state index contributed by atoms with van der Waals surface area (Å²) in [5.74, 6) is 0.369. The molecular weight excluding hydrogens is 388 g/mol. The van der Waals surface area contributed by atoms with Crippen LogP contribution in [0.4, 0.5) is 11.6 Å². The van der Waals surface area contributed by atoms with Crippen LogP contribution in [0.15, 0.2) is 48.9 Å². The highest BCUT2D eigenvalue weighted by Crippen LogP contribution is 2.39. The van der Waals surface area contributed by atoms with Crippen LogP contribution in [-0.4, -0.2) is 51.4 Å². The van der Waals surface area contributed by atoms with E-state index in [2.05, 4.69) is 20.3 Å². The van der Waals surface area contributed by atoms with Crippen molar-refractivity contribution >= 4 is 21.5 Å². The lowest BCUT2D eigenvalue weighted by Gasteiger charge is -2.26. The molecule has 1 fully saturated rings. The van der Waals surface area contributed by atoms with Crippen molar-refractivity contribution in [1.29, 1.82) is 0 Å². The molecule has 0 bridgehead atoms. The van der Waals surface area contributed by atoms with Crippen molar-refractivity contribution in [2.75, 3.05) is 18.4 Å². The highest BCUT2D eigenvalue weighted by atomic mass is 32.2. The first kappa shape index (κ1) is 18.3. The van der Waals surface area contributed by atoms with Crippen molar-refractivity contribution in [3.63, 3.8) is 0 Å². The normalized spacial score (nSPS) is 22.8. The molecule has 5 rings (SSSR count). The van der Waals surface area contributed by atoms with Crippen LogP contribution in [0, 0.1) is 0 Å². The van der Waals surface area contributed by atoms with Crippen LogP contribution in [0.5, 0.6) is 0 Å². The van der Waals surface area contributed by atoms with E-state index in [4.69, 9.17) is 4.98 Å². The fourth-order valence-electron chi connectivity index (χ4n) is 4.31. The Kier molecular flexibility index (Phi) is 4.36. The smallest absolute Gasteiger partial charge is 0.227 e. The summed E-state index contributed by atoms with van der Waals surface area (Å²) < 4.78 is 27.5. The van der Waals surface area contributed by atoms with E-state index in [9.17, 15) is 8.42 Å². The van der Waals surface area contributed by atoms with Crippen LogP contribution < -0.4 is 5.32 Å². The molecule has 0 unspecified atom stereocenters. The van der Waals surface area contributed by atoms with Gasteiger partial charge in [-0.3, -0.25) is 9.58 Å². The van der Waals surface area contributed by atoms with Gasteiger partial charge in [-0.25, -0.2) is 18.4 Å². The van der Waals surface area contributed by atoms with E-state index >= 15 is 0 Å². The Hall–Kier alpha value is -2.78. The maximum Gasteiger partial charge on any atom is 0.227 e. The van der Waals surface area contributed by atoms with Crippen LogP contribution in [-0.2, 0) is 29.2 Å². The summed E-state index contributed by atoms with van der Waals surface area (Å²) in [6.07, 6.45) is 5.45. The molecule has 2 aliphatic heterocycles. The Bertz CT molecular complexity index is 1140. The zero-order chi connectivity index (χ0) is 20.0. The van der Waals surface area contributed by atoms with E-state index < -0.39 is 15.1 Å². The largest absolute Gasteiger partial charge is 0.324 e. The minimum atomic E-state index is -3.23.